The van der Waals surface area contributed by atoms with Gasteiger partial charge in [0.15, 0.2) is 0 Å². The molecule has 1 atom stereocenters. The van der Waals surface area contributed by atoms with Crippen LogP contribution in [0.25, 0.3) is 0 Å². The van der Waals surface area contributed by atoms with Gasteiger partial charge in [-0.1, -0.05) is 58.3 Å². The van der Waals surface area contributed by atoms with E-state index < -0.39 is 66.6 Å². The van der Waals surface area contributed by atoms with Gasteiger partial charge in [-0.2, -0.15) is 74.6 Å². The van der Waals surface area contributed by atoms with Crippen LogP contribution < -0.4 is 0 Å². The summed E-state index contributed by atoms with van der Waals surface area (Å²) in [7, 11) is 0. The van der Waals surface area contributed by atoms with Crippen LogP contribution in [-0.2, 0) is 0 Å². The third-order valence-corrected chi connectivity index (χ3v) is 5.50. The van der Waals surface area contributed by atoms with E-state index in [4.69, 9.17) is 0 Å². The molecule has 0 aromatic rings. The van der Waals surface area contributed by atoms with E-state index in [0.717, 1.165) is 19.3 Å². The van der Waals surface area contributed by atoms with Gasteiger partial charge in [0.1, 0.15) is 6.10 Å². The standard InChI is InChI=1S/C19H23F17O/c1-2-3-4-5-6-7-8-9-10-11(37)12(20,21)13(22,23)14(24,25)15(26,27)16(28,29)17(30,31)18(32,33)19(34,35)36/h11,37H,2-10H2,1H3. The molecule has 0 fully saturated rings. The smallest absolute Gasteiger partial charge is 0.387 e. The number of alkyl halides is 17. The molecule has 0 bridgehead atoms. The van der Waals surface area contributed by atoms with Crippen molar-refractivity contribution in [2.45, 2.75) is 118 Å². The summed E-state index contributed by atoms with van der Waals surface area (Å²) in [6.07, 6.45) is -9.98. The van der Waals surface area contributed by atoms with Gasteiger partial charge in [-0.15, -0.1) is 0 Å². The zero-order valence-electron chi connectivity index (χ0n) is 18.8. The first-order chi connectivity index (χ1) is 16.2. The molecule has 18 heteroatoms. The first kappa shape index (κ1) is 35.8. The van der Waals surface area contributed by atoms with Gasteiger partial charge in [-0.25, -0.2) is 0 Å². The third kappa shape index (κ3) is 6.17. The summed E-state index contributed by atoms with van der Waals surface area (Å²) in [5, 5.41) is 9.20. The molecular weight excluding hydrogens is 567 g/mol. The minimum Gasteiger partial charge on any atom is -0.387 e. The van der Waals surface area contributed by atoms with Crippen LogP contribution in [0.15, 0.2) is 0 Å². The molecule has 0 aliphatic rings. The Morgan fingerprint density at radius 3 is 1.08 bits per heavy atom. The normalized spacial score (nSPS) is 16.3. The van der Waals surface area contributed by atoms with Gasteiger partial charge in [0.25, 0.3) is 0 Å². The topological polar surface area (TPSA) is 20.2 Å². The molecule has 1 nitrogen and oxygen atoms in total. The number of hydrogen-bond donors (Lipinski definition) is 1. The average Bonchev–Trinajstić information content (AvgIpc) is 2.73. The molecule has 0 spiro atoms. The van der Waals surface area contributed by atoms with Crippen LogP contribution in [0.1, 0.15) is 64.7 Å². The molecule has 0 aliphatic carbocycles. The van der Waals surface area contributed by atoms with E-state index in [1.165, 1.54) is 0 Å². The first-order valence-corrected chi connectivity index (χ1v) is 10.6. The maximum Gasteiger partial charge on any atom is 0.460 e. The molecule has 0 amide bonds. The highest BCUT2D eigenvalue weighted by atomic mass is 19.4. The second-order valence-electron chi connectivity index (χ2n) is 8.35. The highest BCUT2D eigenvalue weighted by molar-refractivity contribution is 5.15. The molecule has 0 rings (SSSR count). The second kappa shape index (κ2) is 11.5. The number of aliphatic hydroxyl groups is 1. The summed E-state index contributed by atoms with van der Waals surface area (Å²) in [5.74, 6) is -57.0. The van der Waals surface area contributed by atoms with Gasteiger partial charge in [0.2, 0.25) is 0 Å². The van der Waals surface area contributed by atoms with Crippen LogP contribution in [0.3, 0.4) is 0 Å². The predicted molar refractivity (Wildman–Crippen MR) is 93.9 cm³/mol. The van der Waals surface area contributed by atoms with Crippen LogP contribution in [0.5, 0.6) is 0 Å². The summed E-state index contributed by atoms with van der Waals surface area (Å²) in [6.45, 7) is 1.89. The van der Waals surface area contributed by atoms with Crippen molar-refractivity contribution in [1.82, 2.24) is 0 Å². The summed E-state index contributed by atoms with van der Waals surface area (Å²) in [6, 6.07) is 0. The fraction of sp³-hybridized carbons (Fsp3) is 1.00. The predicted octanol–water partition coefficient (Wildman–Crippen LogP) is 8.89. The van der Waals surface area contributed by atoms with E-state index in [0.29, 0.717) is 12.8 Å². The van der Waals surface area contributed by atoms with Crippen molar-refractivity contribution in [2.24, 2.45) is 0 Å². The van der Waals surface area contributed by atoms with Crippen LogP contribution in [0.4, 0.5) is 74.6 Å². The van der Waals surface area contributed by atoms with Crippen LogP contribution >= 0.6 is 0 Å². The maximum atomic E-state index is 13.9. The zero-order valence-corrected chi connectivity index (χ0v) is 18.8. The number of hydrogen-bond acceptors (Lipinski definition) is 1. The SMILES string of the molecule is CCCCCCCCCCC(O)C(F)(F)C(F)(F)C(F)(F)C(F)(F)C(F)(F)C(F)(F)C(F)(F)C(F)(F)F. The van der Waals surface area contributed by atoms with Gasteiger partial charge >= 0.3 is 47.6 Å². The van der Waals surface area contributed by atoms with Gasteiger partial charge < -0.3 is 5.11 Å². The lowest BCUT2D eigenvalue weighted by molar-refractivity contribution is -0.464. The zero-order chi connectivity index (χ0) is 29.9. The van der Waals surface area contributed by atoms with Crippen molar-refractivity contribution >= 4 is 0 Å². The Balaban J connectivity index is 5.90. The highest BCUT2D eigenvalue weighted by Crippen LogP contribution is 2.64. The van der Waals surface area contributed by atoms with Crippen LogP contribution in [0, 0.1) is 0 Å². The van der Waals surface area contributed by atoms with Crippen molar-refractivity contribution in [1.29, 1.82) is 0 Å². The third-order valence-electron chi connectivity index (χ3n) is 5.50. The quantitative estimate of drug-likeness (QED) is 0.141. The van der Waals surface area contributed by atoms with E-state index >= 15 is 0 Å². The number of unbranched alkanes of at least 4 members (excludes halogenated alkanes) is 7. The summed E-state index contributed by atoms with van der Waals surface area (Å²) in [4.78, 5) is 0. The molecule has 224 valence electrons. The van der Waals surface area contributed by atoms with Crippen LogP contribution in [-0.4, -0.2) is 58.8 Å². The first-order valence-electron chi connectivity index (χ1n) is 10.6. The molecule has 0 aromatic heterocycles. The van der Waals surface area contributed by atoms with Crippen molar-refractivity contribution in [3.05, 3.63) is 0 Å². The second-order valence-corrected chi connectivity index (χ2v) is 8.35. The van der Waals surface area contributed by atoms with E-state index in [1.807, 2.05) is 6.92 Å². The van der Waals surface area contributed by atoms with Crippen molar-refractivity contribution < 1.29 is 79.7 Å². The monoisotopic (exact) mass is 590 g/mol. The van der Waals surface area contributed by atoms with E-state index in [2.05, 4.69) is 0 Å². The van der Waals surface area contributed by atoms with Gasteiger partial charge in [-0.3, -0.25) is 0 Å². The molecule has 0 saturated carbocycles. The Morgan fingerprint density at radius 1 is 0.432 bits per heavy atom. The largest absolute Gasteiger partial charge is 0.460 e. The van der Waals surface area contributed by atoms with E-state index in [1.54, 1.807) is 0 Å². The molecular formula is C19H23F17O. The molecule has 37 heavy (non-hydrogen) atoms. The summed E-state index contributed by atoms with van der Waals surface area (Å²) >= 11 is 0. The number of halogens is 17. The number of aliphatic hydroxyl groups excluding tert-OH is 1. The Kier molecular flexibility index (Phi) is 11.1. The molecule has 1 unspecified atom stereocenters. The number of rotatable bonds is 16. The van der Waals surface area contributed by atoms with Gasteiger partial charge in [-0.05, 0) is 6.42 Å². The fourth-order valence-corrected chi connectivity index (χ4v) is 3.04. The van der Waals surface area contributed by atoms with E-state index in [-0.39, 0.29) is 12.8 Å². The molecule has 0 saturated heterocycles. The van der Waals surface area contributed by atoms with E-state index in [9.17, 15) is 79.7 Å². The van der Waals surface area contributed by atoms with Crippen LogP contribution in [0.2, 0.25) is 0 Å². The Bertz CT molecular complexity index is 714. The molecule has 0 heterocycles. The Labute approximate surface area is 199 Å². The Morgan fingerprint density at radius 2 is 0.730 bits per heavy atom. The van der Waals surface area contributed by atoms with Gasteiger partial charge in [0.05, 0.1) is 0 Å². The lowest BCUT2D eigenvalue weighted by atomic mass is 9.87. The molecule has 1 N–H and O–H groups in total. The lowest BCUT2D eigenvalue weighted by Gasteiger charge is -2.43. The minimum absolute atomic E-state index is 0.0752. The molecule has 0 radical (unpaired) electrons. The fourth-order valence-electron chi connectivity index (χ4n) is 3.04. The maximum absolute atomic E-state index is 13.9. The van der Waals surface area contributed by atoms with Crippen molar-refractivity contribution in [2.75, 3.05) is 0 Å². The highest BCUT2D eigenvalue weighted by Gasteiger charge is 2.95. The summed E-state index contributed by atoms with van der Waals surface area (Å²) < 4.78 is 225. The molecule has 0 aromatic carbocycles. The minimum atomic E-state index is -8.66. The molecule has 0 aliphatic heterocycles. The lowest BCUT2D eigenvalue weighted by Crippen LogP contribution is -2.75. The van der Waals surface area contributed by atoms with Crippen molar-refractivity contribution in [3.8, 4) is 0 Å². The Hall–Kier alpha value is -1.23. The van der Waals surface area contributed by atoms with Gasteiger partial charge in [0, 0.05) is 0 Å². The van der Waals surface area contributed by atoms with Crippen molar-refractivity contribution in [3.63, 3.8) is 0 Å². The average molecular weight is 590 g/mol. The summed E-state index contributed by atoms with van der Waals surface area (Å²) in [5.41, 5.74) is 0.